The second-order valence-corrected chi connectivity index (χ2v) is 4.60. The number of aryl methyl sites for hydroxylation is 1. The summed E-state index contributed by atoms with van der Waals surface area (Å²) in [6.07, 6.45) is 1.85. The number of nitrogens with zero attached hydrogens (tertiary/aromatic N) is 3. The molecule has 2 aromatic heterocycles. The number of aromatic nitrogens is 3. The molecule has 19 heavy (non-hydrogen) atoms. The zero-order valence-electron chi connectivity index (χ0n) is 10.7. The zero-order chi connectivity index (χ0) is 13.8. The number of ether oxygens (including phenoxy) is 1. The molecule has 0 aliphatic rings. The predicted molar refractivity (Wildman–Crippen MR) is 73.0 cm³/mol. The Labute approximate surface area is 114 Å². The highest BCUT2D eigenvalue weighted by Crippen LogP contribution is 2.27. The molecule has 0 amide bonds. The largest absolute Gasteiger partial charge is 0.462 e. The third kappa shape index (κ3) is 3.02. The monoisotopic (exact) mass is 281 g/mol. The topological polar surface area (TPSA) is 95.1 Å². The lowest BCUT2D eigenvalue weighted by Gasteiger charge is -2.05. The summed E-state index contributed by atoms with van der Waals surface area (Å²) < 4.78 is 10.6. The lowest BCUT2D eigenvalue weighted by Crippen LogP contribution is -2.10. The van der Waals surface area contributed by atoms with Crippen molar-refractivity contribution in [2.45, 2.75) is 13.5 Å². The second kappa shape index (κ2) is 5.70. The van der Waals surface area contributed by atoms with Gasteiger partial charge in [0.05, 0.1) is 18.8 Å². The molecule has 0 bridgehead atoms. The van der Waals surface area contributed by atoms with E-state index in [1.165, 1.54) is 0 Å². The van der Waals surface area contributed by atoms with Gasteiger partial charge in [-0.05, 0) is 24.5 Å². The van der Waals surface area contributed by atoms with E-state index < -0.39 is 5.97 Å². The van der Waals surface area contributed by atoms with Crippen molar-refractivity contribution in [1.29, 1.82) is 0 Å². The van der Waals surface area contributed by atoms with Gasteiger partial charge in [0.15, 0.2) is 5.82 Å². The van der Waals surface area contributed by atoms with Gasteiger partial charge in [0.1, 0.15) is 10.6 Å². The van der Waals surface area contributed by atoms with E-state index in [-0.39, 0.29) is 5.82 Å². The SMILES string of the molecule is CCOC(=O)c1c(N)nsc1NCc1ccn(C)n1. The Bertz CT molecular complexity index is 577. The fourth-order valence-corrected chi connectivity index (χ4v) is 2.25. The maximum Gasteiger partial charge on any atom is 0.344 e. The van der Waals surface area contributed by atoms with Gasteiger partial charge in [0.25, 0.3) is 0 Å². The van der Waals surface area contributed by atoms with E-state index in [1.807, 2.05) is 19.3 Å². The quantitative estimate of drug-likeness (QED) is 0.801. The van der Waals surface area contributed by atoms with Crippen LogP contribution in [0, 0.1) is 0 Å². The van der Waals surface area contributed by atoms with Crippen molar-refractivity contribution in [3.8, 4) is 0 Å². The van der Waals surface area contributed by atoms with Crippen LogP contribution in [0.2, 0.25) is 0 Å². The maximum atomic E-state index is 11.8. The molecule has 0 spiro atoms. The minimum Gasteiger partial charge on any atom is -0.462 e. The van der Waals surface area contributed by atoms with E-state index in [1.54, 1.807) is 11.6 Å². The van der Waals surface area contributed by atoms with Crippen LogP contribution in [0.4, 0.5) is 10.8 Å². The van der Waals surface area contributed by atoms with Crippen molar-refractivity contribution in [3.05, 3.63) is 23.5 Å². The van der Waals surface area contributed by atoms with Crippen molar-refractivity contribution in [2.75, 3.05) is 17.7 Å². The Balaban J connectivity index is 2.10. The van der Waals surface area contributed by atoms with Crippen LogP contribution in [0.15, 0.2) is 12.3 Å². The number of anilines is 2. The fraction of sp³-hybridized carbons (Fsp3) is 0.364. The minimum atomic E-state index is -0.461. The van der Waals surface area contributed by atoms with Gasteiger partial charge in [-0.25, -0.2) is 4.79 Å². The fourth-order valence-electron chi connectivity index (χ4n) is 1.55. The zero-order valence-corrected chi connectivity index (χ0v) is 11.5. The van der Waals surface area contributed by atoms with Crippen molar-refractivity contribution in [3.63, 3.8) is 0 Å². The smallest absolute Gasteiger partial charge is 0.344 e. The van der Waals surface area contributed by atoms with Crippen LogP contribution in [-0.2, 0) is 18.3 Å². The summed E-state index contributed by atoms with van der Waals surface area (Å²) in [5.74, 6) is -0.274. The Kier molecular flexibility index (Phi) is 4.00. The molecule has 7 nitrogen and oxygen atoms in total. The summed E-state index contributed by atoms with van der Waals surface area (Å²) in [7, 11) is 1.85. The number of nitrogen functional groups attached to an aromatic ring is 1. The Morgan fingerprint density at radius 2 is 2.42 bits per heavy atom. The lowest BCUT2D eigenvalue weighted by molar-refractivity contribution is 0.0529. The van der Waals surface area contributed by atoms with Gasteiger partial charge < -0.3 is 15.8 Å². The number of carbonyl (C=O) groups is 1. The van der Waals surface area contributed by atoms with Crippen molar-refractivity contribution in [1.82, 2.24) is 14.2 Å². The maximum absolute atomic E-state index is 11.8. The van der Waals surface area contributed by atoms with E-state index in [9.17, 15) is 4.79 Å². The van der Waals surface area contributed by atoms with Gasteiger partial charge in [-0.3, -0.25) is 4.68 Å². The number of hydrogen-bond acceptors (Lipinski definition) is 7. The molecule has 2 rings (SSSR count). The molecule has 102 valence electrons. The molecule has 0 fully saturated rings. The first-order valence-corrected chi connectivity index (χ1v) is 6.53. The molecule has 0 aliphatic heterocycles. The average Bonchev–Trinajstić information content (AvgIpc) is 2.93. The number of rotatable bonds is 5. The van der Waals surface area contributed by atoms with Crippen molar-refractivity contribution >= 4 is 28.3 Å². The average molecular weight is 281 g/mol. The van der Waals surface area contributed by atoms with E-state index in [2.05, 4.69) is 14.8 Å². The standard InChI is InChI=1S/C11H15N5O2S/c1-3-18-11(17)8-9(12)15-19-10(8)13-6-7-4-5-16(2)14-7/h4-5,13H,3,6H2,1-2H3,(H2,12,15). The van der Waals surface area contributed by atoms with E-state index in [0.29, 0.717) is 23.7 Å². The molecular weight excluding hydrogens is 266 g/mol. The summed E-state index contributed by atoms with van der Waals surface area (Å²) in [6.45, 7) is 2.54. The third-order valence-electron chi connectivity index (χ3n) is 2.40. The van der Waals surface area contributed by atoms with Crippen LogP contribution in [-0.4, -0.2) is 26.7 Å². The molecule has 0 unspecified atom stereocenters. The number of esters is 1. The van der Waals surface area contributed by atoms with Crippen LogP contribution in [0.25, 0.3) is 0 Å². The Morgan fingerprint density at radius 1 is 1.63 bits per heavy atom. The van der Waals surface area contributed by atoms with Gasteiger partial charge in [0, 0.05) is 13.2 Å². The Hall–Kier alpha value is -2.09. The van der Waals surface area contributed by atoms with E-state index in [4.69, 9.17) is 10.5 Å². The second-order valence-electron chi connectivity index (χ2n) is 3.83. The number of carbonyl (C=O) groups excluding carboxylic acids is 1. The molecular formula is C11H15N5O2S. The molecule has 8 heteroatoms. The molecule has 0 saturated heterocycles. The first-order chi connectivity index (χ1) is 9.11. The highest BCUT2D eigenvalue weighted by atomic mass is 32.1. The Morgan fingerprint density at radius 3 is 3.05 bits per heavy atom. The van der Waals surface area contributed by atoms with Crippen molar-refractivity contribution < 1.29 is 9.53 Å². The van der Waals surface area contributed by atoms with Gasteiger partial charge in [-0.2, -0.15) is 9.47 Å². The van der Waals surface area contributed by atoms with Crippen LogP contribution < -0.4 is 11.1 Å². The first kappa shape index (κ1) is 13.3. The van der Waals surface area contributed by atoms with E-state index >= 15 is 0 Å². The number of nitrogens with two attached hydrogens (primary N) is 1. The molecule has 0 aliphatic carbocycles. The normalized spacial score (nSPS) is 10.4. The molecule has 0 atom stereocenters. The van der Waals surface area contributed by atoms with Crippen LogP contribution in [0.5, 0.6) is 0 Å². The molecule has 0 radical (unpaired) electrons. The summed E-state index contributed by atoms with van der Waals surface area (Å²) in [5.41, 5.74) is 6.84. The predicted octanol–water partition coefficient (Wildman–Crippen LogP) is 1.25. The van der Waals surface area contributed by atoms with Crippen LogP contribution in [0.1, 0.15) is 23.0 Å². The molecule has 3 N–H and O–H groups in total. The van der Waals surface area contributed by atoms with Gasteiger partial charge in [-0.1, -0.05) is 0 Å². The lowest BCUT2D eigenvalue weighted by atomic mass is 10.3. The van der Waals surface area contributed by atoms with E-state index in [0.717, 1.165) is 17.2 Å². The van der Waals surface area contributed by atoms with Gasteiger partial charge in [-0.15, -0.1) is 0 Å². The van der Waals surface area contributed by atoms with Crippen molar-refractivity contribution in [2.24, 2.45) is 7.05 Å². The highest BCUT2D eigenvalue weighted by molar-refractivity contribution is 7.11. The van der Waals surface area contributed by atoms with Gasteiger partial charge in [0.2, 0.25) is 0 Å². The molecule has 0 aromatic carbocycles. The summed E-state index contributed by atoms with van der Waals surface area (Å²) >= 11 is 1.13. The molecule has 2 heterocycles. The number of nitrogens with one attached hydrogen (secondary N) is 1. The number of hydrogen-bond donors (Lipinski definition) is 2. The minimum absolute atomic E-state index is 0.187. The van der Waals surface area contributed by atoms with Crippen LogP contribution in [0.3, 0.4) is 0 Å². The summed E-state index contributed by atoms with van der Waals surface area (Å²) in [5, 5.41) is 7.94. The van der Waals surface area contributed by atoms with Crippen LogP contribution >= 0.6 is 11.5 Å². The highest BCUT2D eigenvalue weighted by Gasteiger charge is 2.20. The third-order valence-corrected chi connectivity index (χ3v) is 3.22. The molecule has 0 saturated carbocycles. The summed E-state index contributed by atoms with van der Waals surface area (Å²) in [6, 6.07) is 1.89. The first-order valence-electron chi connectivity index (χ1n) is 5.76. The molecule has 2 aromatic rings. The summed E-state index contributed by atoms with van der Waals surface area (Å²) in [4.78, 5) is 11.8. The van der Waals surface area contributed by atoms with Gasteiger partial charge >= 0.3 is 5.97 Å².